The minimum atomic E-state index is 0.0440. The zero-order valence-electron chi connectivity index (χ0n) is 10.6. The van der Waals surface area contributed by atoms with Gasteiger partial charge < -0.3 is 10.4 Å². The van der Waals surface area contributed by atoms with Crippen LogP contribution in [-0.4, -0.2) is 23.7 Å². The molecule has 2 N–H and O–H groups in total. The van der Waals surface area contributed by atoms with Gasteiger partial charge in [-0.15, -0.1) is 0 Å². The second kappa shape index (κ2) is 6.11. The first kappa shape index (κ1) is 14.4. The third-order valence-corrected chi connectivity index (χ3v) is 2.63. The lowest BCUT2D eigenvalue weighted by atomic mass is 9.90. The van der Waals surface area contributed by atoms with Crippen molar-refractivity contribution < 1.29 is 9.90 Å². The van der Waals surface area contributed by atoms with E-state index in [1.807, 2.05) is 13.8 Å². The molecule has 0 spiro atoms. The lowest BCUT2D eigenvalue weighted by molar-refractivity contribution is -0.122. The van der Waals surface area contributed by atoms with Gasteiger partial charge in [0.2, 0.25) is 5.91 Å². The molecule has 0 aliphatic carbocycles. The van der Waals surface area contributed by atoms with Gasteiger partial charge in [0.05, 0.1) is 0 Å². The number of hydrogen-bond acceptors (Lipinski definition) is 2. The molecule has 3 heteroatoms. The molecule has 0 radical (unpaired) electrons. The Hall–Kier alpha value is -0.570. The predicted molar refractivity (Wildman–Crippen MR) is 62.5 cm³/mol. The fourth-order valence-corrected chi connectivity index (χ4v) is 1.12. The number of aliphatic hydroxyl groups excluding tert-OH is 1. The summed E-state index contributed by atoms with van der Waals surface area (Å²) in [6, 6.07) is 0.0440. The van der Waals surface area contributed by atoms with Crippen molar-refractivity contribution in [3.63, 3.8) is 0 Å². The molecule has 0 aliphatic heterocycles. The van der Waals surface area contributed by atoms with Crippen LogP contribution in [0.25, 0.3) is 0 Å². The molecule has 15 heavy (non-hydrogen) atoms. The SMILES string of the molecule is CC(CO)C(C)NC(=O)CCC(C)(C)C. The molecule has 0 aromatic carbocycles. The van der Waals surface area contributed by atoms with Crippen LogP contribution in [0.5, 0.6) is 0 Å². The molecule has 0 aliphatic rings. The average Bonchev–Trinajstić information content (AvgIpc) is 2.12. The summed E-state index contributed by atoms with van der Waals surface area (Å²) in [5.41, 5.74) is 0.198. The topological polar surface area (TPSA) is 49.3 Å². The molecule has 0 rings (SSSR count). The normalized spacial score (nSPS) is 15.9. The minimum absolute atomic E-state index is 0.0440. The maximum Gasteiger partial charge on any atom is 0.220 e. The summed E-state index contributed by atoms with van der Waals surface area (Å²) >= 11 is 0. The molecule has 90 valence electrons. The lowest BCUT2D eigenvalue weighted by Crippen LogP contribution is -2.38. The number of rotatable bonds is 5. The third-order valence-electron chi connectivity index (χ3n) is 2.63. The van der Waals surface area contributed by atoms with E-state index in [1.54, 1.807) is 0 Å². The third kappa shape index (κ3) is 7.37. The Morgan fingerprint density at radius 3 is 2.27 bits per heavy atom. The average molecular weight is 215 g/mol. The van der Waals surface area contributed by atoms with Crippen LogP contribution in [-0.2, 0) is 4.79 Å². The van der Waals surface area contributed by atoms with Crippen molar-refractivity contribution in [2.45, 2.75) is 53.5 Å². The maximum atomic E-state index is 11.5. The number of carbonyl (C=O) groups is 1. The first-order valence-electron chi connectivity index (χ1n) is 5.66. The Morgan fingerprint density at radius 1 is 1.33 bits per heavy atom. The number of nitrogens with one attached hydrogen (secondary N) is 1. The molecule has 2 atom stereocenters. The monoisotopic (exact) mass is 215 g/mol. The maximum absolute atomic E-state index is 11.5. The minimum Gasteiger partial charge on any atom is -0.396 e. The molecule has 0 fully saturated rings. The van der Waals surface area contributed by atoms with Gasteiger partial charge in [0, 0.05) is 19.1 Å². The quantitative estimate of drug-likeness (QED) is 0.736. The molecular weight excluding hydrogens is 190 g/mol. The largest absolute Gasteiger partial charge is 0.396 e. The second-order valence-corrected chi connectivity index (χ2v) is 5.58. The van der Waals surface area contributed by atoms with Gasteiger partial charge in [-0.2, -0.15) is 0 Å². The summed E-state index contributed by atoms with van der Waals surface area (Å²) < 4.78 is 0. The highest BCUT2D eigenvalue weighted by atomic mass is 16.3. The Labute approximate surface area is 93.3 Å². The molecule has 1 amide bonds. The molecule has 0 bridgehead atoms. The highest BCUT2D eigenvalue weighted by Gasteiger charge is 2.16. The smallest absolute Gasteiger partial charge is 0.220 e. The van der Waals surface area contributed by atoms with E-state index < -0.39 is 0 Å². The van der Waals surface area contributed by atoms with E-state index in [0.29, 0.717) is 6.42 Å². The van der Waals surface area contributed by atoms with Crippen molar-refractivity contribution in [3.8, 4) is 0 Å². The fraction of sp³-hybridized carbons (Fsp3) is 0.917. The first-order chi connectivity index (χ1) is 6.76. The Morgan fingerprint density at radius 2 is 1.87 bits per heavy atom. The molecule has 0 aromatic rings. The second-order valence-electron chi connectivity index (χ2n) is 5.58. The zero-order valence-corrected chi connectivity index (χ0v) is 10.6. The van der Waals surface area contributed by atoms with Crippen molar-refractivity contribution in [2.24, 2.45) is 11.3 Å². The number of aliphatic hydroxyl groups is 1. The Kier molecular flexibility index (Phi) is 5.88. The number of carbonyl (C=O) groups excluding carboxylic acids is 1. The summed E-state index contributed by atoms with van der Waals surface area (Å²) in [5, 5.41) is 11.8. The molecule has 0 saturated heterocycles. The summed E-state index contributed by atoms with van der Waals surface area (Å²) in [6.45, 7) is 10.3. The molecule has 2 unspecified atom stereocenters. The van der Waals surface area contributed by atoms with Gasteiger partial charge in [-0.3, -0.25) is 4.79 Å². The number of amides is 1. The molecule has 0 heterocycles. The standard InChI is InChI=1S/C12H25NO2/c1-9(8-14)10(2)13-11(15)6-7-12(3,4)5/h9-10,14H,6-8H2,1-5H3,(H,13,15). The first-order valence-corrected chi connectivity index (χ1v) is 5.66. The van der Waals surface area contributed by atoms with Crippen molar-refractivity contribution in [1.29, 1.82) is 0 Å². The van der Waals surface area contributed by atoms with Gasteiger partial charge in [0.25, 0.3) is 0 Å². The number of hydrogen-bond donors (Lipinski definition) is 2. The van der Waals surface area contributed by atoms with Gasteiger partial charge in [0.15, 0.2) is 0 Å². The van der Waals surface area contributed by atoms with Crippen LogP contribution in [0.2, 0.25) is 0 Å². The molecule has 0 aromatic heterocycles. The van der Waals surface area contributed by atoms with E-state index in [0.717, 1.165) is 6.42 Å². The Bertz CT molecular complexity index is 196. The van der Waals surface area contributed by atoms with Crippen LogP contribution in [0.15, 0.2) is 0 Å². The van der Waals surface area contributed by atoms with Gasteiger partial charge in [-0.05, 0) is 24.7 Å². The van der Waals surface area contributed by atoms with Crippen LogP contribution in [0.1, 0.15) is 47.5 Å². The van der Waals surface area contributed by atoms with E-state index in [-0.39, 0.29) is 29.9 Å². The van der Waals surface area contributed by atoms with Gasteiger partial charge in [-0.1, -0.05) is 27.7 Å². The van der Waals surface area contributed by atoms with Gasteiger partial charge >= 0.3 is 0 Å². The predicted octanol–water partition coefficient (Wildman–Crippen LogP) is 1.95. The molecule has 3 nitrogen and oxygen atoms in total. The highest BCUT2D eigenvalue weighted by molar-refractivity contribution is 5.76. The van der Waals surface area contributed by atoms with Crippen LogP contribution >= 0.6 is 0 Å². The molecule has 0 saturated carbocycles. The summed E-state index contributed by atoms with van der Waals surface area (Å²) in [7, 11) is 0. The zero-order chi connectivity index (χ0) is 12.1. The van der Waals surface area contributed by atoms with E-state index in [4.69, 9.17) is 5.11 Å². The van der Waals surface area contributed by atoms with E-state index in [2.05, 4.69) is 26.1 Å². The van der Waals surface area contributed by atoms with E-state index in [1.165, 1.54) is 0 Å². The summed E-state index contributed by atoms with van der Waals surface area (Å²) in [6.07, 6.45) is 1.45. The van der Waals surface area contributed by atoms with Gasteiger partial charge in [-0.25, -0.2) is 0 Å². The van der Waals surface area contributed by atoms with Gasteiger partial charge in [0.1, 0.15) is 0 Å². The van der Waals surface area contributed by atoms with Crippen LogP contribution in [0, 0.1) is 11.3 Å². The van der Waals surface area contributed by atoms with Crippen molar-refractivity contribution >= 4 is 5.91 Å². The van der Waals surface area contributed by atoms with E-state index in [9.17, 15) is 4.79 Å². The Balaban J connectivity index is 3.84. The molecular formula is C12H25NO2. The van der Waals surface area contributed by atoms with Crippen molar-refractivity contribution in [1.82, 2.24) is 5.32 Å². The van der Waals surface area contributed by atoms with Crippen molar-refractivity contribution in [3.05, 3.63) is 0 Å². The van der Waals surface area contributed by atoms with Crippen LogP contribution < -0.4 is 5.32 Å². The van der Waals surface area contributed by atoms with E-state index >= 15 is 0 Å². The highest BCUT2D eigenvalue weighted by Crippen LogP contribution is 2.20. The summed E-state index contributed by atoms with van der Waals surface area (Å²) in [5.74, 6) is 0.196. The fourth-order valence-electron chi connectivity index (χ4n) is 1.12. The van der Waals surface area contributed by atoms with Crippen LogP contribution in [0.4, 0.5) is 0 Å². The van der Waals surface area contributed by atoms with Crippen LogP contribution in [0.3, 0.4) is 0 Å². The summed E-state index contributed by atoms with van der Waals surface area (Å²) in [4.78, 5) is 11.5. The lowest BCUT2D eigenvalue weighted by Gasteiger charge is -2.21. The van der Waals surface area contributed by atoms with Crippen molar-refractivity contribution in [2.75, 3.05) is 6.61 Å².